The molecule has 0 fully saturated rings. The highest BCUT2D eigenvalue weighted by Crippen LogP contribution is 2.41. The van der Waals surface area contributed by atoms with Crippen LogP contribution in [0.25, 0.3) is 11.6 Å². The number of ether oxygens (including phenoxy) is 3. The third-order valence-corrected chi connectivity index (χ3v) is 6.40. The SMILES string of the molecule is COc1ccccc1Oc1c(NS(=O)(=O)c2ccc(C(C)C)cn2)nc(-c2ncccn2)nc1OCCO. The number of sulfonamides is 1. The number of para-hydroxylation sites is 2. The van der Waals surface area contributed by atoms with Gasteiger partial charge in [0.2, 0.25) is 11.6 Å². The van der Waals surface area contributed by atoms with Gasteiger partial charge in [0, 0.05) is 18.6 Å². The summed E-state index contributed by atoms with van der Waals surface area (Å²) in [4.78, 5) is 21.1. The summed E-state index contributed by atoms with van der Waals surface area (Å²) in [6, 6.07) is 11.5. The van der Waals surface area contributed by atoms with Gasteiger partial charge in [0.25, 0.3) is 15.9 Å². The Balaban J connectivity index is 1.85. The highest BCUT2D eigenvalue weighted by atomic mass is 32.2. The summed E-state index contributed by atoms with van der Waals surface area (Å²) in [5.41, 5.74) is 0.884. The van der Waals surface area contributed by atoms with Crippen molar-refractivity contribution in [3.05, 3.63) is 66.6 Å². The van der Waals surface area contributed by atoms with Crippen LogP contribution in [0, 0.1) is 0 Å². The predicted molar refractivity (Wildman–Crippen MR) is 138 cm³/mol. The lowest BCUT2D eigenvalue weighted by Gasteiger charge is -2.17. The molecule has 13 heteroatoms. The zero-order chi connectivity index (χ0) is 27.1. The number of hydrogen-bond donors (Lipinski definition) is 2. The molecular formula is C25H26N6O6S. The molecule has 0 saturated heterocycles. The summed E-state index contributed by atoms with van der Waals surface area (Å²) in [6.07, 6.45) is 4.48. The molecular weight excluding hydrogens is 512 g/mol. The van der Waals surface area contributed by atoms with Crippen molar-refractivity contribution in [2.24, 2.45) is 0 Å². The van der Waals surface area contributed by atoms with Crippen molar-refractivity contribution in [1.29, 1.82) is 0 Å². The minimum Gasteiger partial charge on any atom is -0.493 e. The largest absolute Gasteiger partial charge is 0.493 e. The molecule has 0 atom stereocenters. The molecule has 38 heavy (non-hydrogen) atoms. The maximum absolute atomic E-state index is 13.4. The molecule has 0 radical (unpaired) electrons. The summed E-state index contributed by atoms with van der Waals surface area (Å²) >= 11 is 0. The zero-order valence-electron chi connectivity index (χ0n) is 20.9. The van der Waals surface area contributed by atoms with Crippen molar-refractivity contribution in [3.8, 4) is 34.8 Å². The fourth-order valence-electron chi connectivity index (χ4n) is 3.23. The molecule has 0 spiro atoms. The number of anilines is 1. The second-order valence-corrected chi connectivity index (χ2v) is 9.75. The van der Waals surface area contributed by atoms with Crippen molar-refractivity contribution in [2.75, 3.05) is 25.0 Å². The monoisotopic (exact) mass is 538 g/mol. The van der Waals surface area contributed by atoms with Crippen LogP contribution in [0.4, 0.5) is 5.82 Å². The van der Waals surface area contributed by atoms with Gasteiger partial charge in [-0.25, -0.2) is 19.9 Å². The maximum atomic E-state index is 13.4. The van der Waals surface area contributed by atoms with E-state index in [-0.39, 0.29) is 59.0 Å². The van der Waals surface area contributed by atoms with Crippen molar-refractivity contribution in [1.82, 2.24) is 24.9 Å². The Morgan fingerprint density at radius 3 is 2.32 bits per heavy atom. The van der Waals surface area contributed by atoms with Crippen LogP contribution in [0.3, 0.4) is 0 Å². The third kappa shape index (κ3) is 6.12. The molecule has 2 N–H and O–H groups in total. The highest BCUT2D eigenvalue weighted by Gasteiger charge is 2.26. The normalized spacial score (nSPS) is 11.3. The van der Waals surface area contributed by atoms with Gasteiger partial charge in [0.15, 0.2) is 28.2 Å². The van der Waals surface area contributed by atoms with Crippen molar-refractivity contribution in [3.63, 3.8) is 0 Å². The first-order chi connectivity index (χ1) is 18.3. The third-order valence-electron chi connectivity index (χ3n) is 5.14. The van der Waals surface area contributed by atoms with Gasteiger partial charge >= 0.3 is 0 Å². The lowest BCUT2D eigenvalue weighted by atomic mass is 10.1. The first-order valence-electron chi connectivity index (χ1n) is 11.5. The standard InChI is InChI=1S/C25H26N6O6S/c1-16(2)17-9-10-20(28-15-17)38(33,34)31-22-21(37-19-8-5-4-7-18(19)35-3)25(36-14-13-32)30-24(29-22)23-26-11-6-12-27-23/h4-12,15-16,32H,13-14H2,1-3H3,(H,29,30,31). The van der Waals surface area contributed by atoms with E-state index in [2.05, 4.69) is 29.6 Å². The maximum Gasteiger partial charge on any atom is 0.280 e. The van der Waals surface area contributed by atoms with Gasteiger partial charge in [0.05, 0.1) is 13.7 Å². The van der Waals surface area contributed by atoms with E-state index in [1.54, 1.807) is 36.4 Å². The number of hydrogen-bond acceptors (Lipinski definition) is 11. The Bertz CT molecular complexity index is 1480. The average Bonchev–Trinajstić information content (AvgIpc) is 2.93. The van der Waals surface area contributed by atoms with Crippen LogP contribution in [0.5, 0.6) is 23.1 Å². The quantitative estimate of drug-likeness (QED) is 0.288. The Morgan fingerprint density at radius 1 is 0.947 bits per heavy atom. The Kier molecular flexibility index (Phi) is 8.28. The summed E-state index contributed by atoms with van der Waals surface area (Å²) in [5, 5.41) is 9.15. The number of benzene rings is 1. The highest BCUT2D eigenvalue weighted by molar-refractivity contribution is 7.92. The lowest BCUT2D eigenvalue weighted by molar-refractivity contribution is 0.192. The van der Waals surface area contributed by atoms with Crippen molar-refractivity contribution in [2.45, 2.75) is 24.8 Å². The Labute approximate surface area is 219 Å². The van der Waals surface area contributed by atoms with E-state index in [1.165, 1.54) is 31.8 Å². The Hall–Kier alpha value is -4.36. The van der Waals surface area contributed by atoms with Gasteiger partial charge in [-0.3, -0.25) is 4.72 Å². The van der Waals surface area contributed by atoms with E-state index in [1.807, 2.05) is 13.8 Å². The second-order valence-electron chi connectivity index (χ2n) is 8.12. The average molecular weight is 539 g/mol. The van der Waals surface area contributed by atoms with E-state index < -0.39 is 10.0 Å². The summed E-state index contributed by atoms with van der Waals surface area (Å²) in [7, 11) is -2.76. The summed E-state index contributed by atoms with van der Waals surface area (Å²) in [6.45, 7) is 3.47. The predicted octanol–water partition coefficient (Wildman–Crippen LogP) is 3.42. The van der Waals surface area contributed by atoms with Gasteiger partial charge < -0.3 is 19.3 Å². The van der Waals surface area contributed by atoms with Crippen LogP contribution in [0.15, 0.2) is 66.1 Å². The number of aromatic nitrogens is 5. The Morgan fingerprint density at radius 2 is 1.68 bits per heavy atom. The molecule has 0 aliphatic carbocycles. The zero-order valence-corrected chi connectivity index (χ0v) is 21.7. The van der Waals surface area contributed by atoms with Crippen LogP contribution in [-0.4, -0.2) is 58.8 Å². The molecule has 198 valence electrons. The van der Waals surface area contributed by atoms with Gasteiger partial charge in [-0.1, -0.05) is 32.0 Å². The summed E-state index contributed by atoms with van der Waals surface area (Å²) < 4.78 is 46.2. The van der Waals surface area contributed by atoms with Gasteiger partial charge in [-0.05, 0) is 35.7 Å². The minimum atomic E-state index is -4.23. The number of aliphatic hydroxyl groups excluding tert-OH is 1. The molecule has 4 aromatic rings. The number of methoxy groups -OCH3 is 1. The second kappa shape index (κ2) is 11.8. The van der Waals surface area contributed by atoms with Gasteiger partial charge in [-0.2, -0.15) is 13.4 Å². The van der Waals surface area contributed by atoms with Crippen LogP contribution in [-0.2, 0) is 10.0 Å². The number of rotatable bonds is 11. The van der Waals surface area contributed by atoms with E-state index in [9.17, 15) is 13.5 Å². The molecule has 0 saturated carbocycles. The van der Waals surface area contributed by atoms with Crippen LogP contribution in [0.1, 0.15) is 25.3 Å². The first kappa shape index (κ1) is 26.7. The number of pyridine rings is 1. The molecule has 0 aliphatic rings. The molecule has 0 bridgehead atoms. The molecule has 4 rings (SSSR count). The molecule has 0 amide bonds. The molecule has 1 aromatic carbocycles. The lowest BCUT2D eigenvalue weighted by Crippen LogP contribution is -2.18. The van der Waals surface area contributed by atoms with E-state index in [4.69, 9.17) is 14.2 Å². The van der Waals surface area contributed by atoms with Crippen LogP contribution >= 0.6 is 0 Å². The van der Waals surface area contributed by atoms with E-state index in [0.29, 0.717) is 5.75 Å². The van der Waals surface area contributed by atoms with Crippen LogP contribution in [0.2, 0.25) is 0 Å². The number of nitrogens with one attached hydrogen (secondary N) is 1. The first-order valence-corrected chi connectivity index (χ1v) is 13.0. The summed E-state index contributed by atoms with van der Waals surface area (Å²) in [5.74, 6) is 0.308. The van der Waals surface area contributed by atoms with Gasteiger partial charge in [-0.15, -0.1) is 0 Å². The topological polar surface area (TPSA) is 159 Å². The molecule has 0 aliphatic heterocycles. The smallest absolute Gasteiger partial charge is 0.280 e. The number of aliphatic hydroxyl groups is 1. The molecule has 12 nitrogen and oxygen atoms in total. The van der Waals surface area contributed by atoms with Gasteiger partial charge in [0.1, 0.15) is 6.61 Å². The minimum absolute atomic E-state index is 0.0354. The van der Waals surface area contributed by atoms with Crippen LogP contribution < -0.4 is 18.9 Å². The fourth-order valence-corrected chi connectivity index (χ4v) is 4.17. The number of nitrogens with zero attached hydrogens (tertiary/aromatic N) is 5. The molecule has 0 unspecified atom stereocenters. The molecule has 3 aromatic heterocycles. The fraction of sp³-hybridized carbons (Fsp3) is 0.240. The van der Waals surface area contributed by atoms with Crippen molar-refractivity contribution >= 4 is 15.8 Å². The van der Waals surface area contributed by atoms with Crippen molar-refractivity contribution < 1.29 is 27.7 Å². The van der Waals surface area contributed by atoms with E-state index in [0.717, 1.165) is 5.56 Å². The molecule has 3 heterocycles. The van der Waals surface area contributed by atoms with E-state index >= 15 is 0 Å².